The first kappa shape index (κ1) is 30.2. The fraction of sp³-hybridized carbons (Fsp3) is 0.344. The van der Waals surface area contributed by atoms with E-state index in [4.69, 9.17) is 19.7 Å². The van der Waals surface area contributed by atoms with Crippen LogP contribution in [0.15, 0.2) is 42.6 Å². The average molecular weight is 598 g/mol. The van der Waals surface area contributed by atoms with E-state index < -0.39 is 23.0 Å². The standard InChI is InChI=1S/C32H29F2N7O3/c1-32(2,17-36)18-41-27(38-25-10-11-26(31(42)43-3)39-29(25)41)13-19-4-7-21(8-5-19)28-37-15-24(34)30(40-28)44-16-22-9-6-20(14-35)12-23(22)33/h6-7,9-12,15,19H,4-5,8,13,16,18H2,1-3H3. The highest BCUT2D eigenvalue weighted by atomic mass is 19.1. The van der Waals surface area contributed by atoms with Gasteiger partial charge in [0.25, 0.3) is 5.88 Å². The summed E-state index contributed by atoms with van der Waals surface area (Å²) in [7, 11) is 1.30. The maximum Gasteiger partial charge on any atom is 0.356 e. The molecule has 224 valence electrons. The lowest BCUT2D eigenvalue weighted by molar-refractivity contribution is 0.0594. The zero-order chi connectivity index (χ0) is 31.4. The van der Waals surface area contributed by atoms with Crippen molar-refractivity contribution in [1.29, 1.82) is 10.5 Å². The van der Waals surface area contributed by atoms with Crippen LogP contribution in [0.1, 0.15) is 66.4 Å². The first-order valence-corrected chi connectivity index (χ1v) is 14.0. The van der Waals surface area contributed by atoms with Crippen LogP contribution in [0.3, 0.4) is 0 Å². The molecule has 4 aromatic rings. The first-order chi connectivity index (χ1) is 21.1. The molecule has 10 nitrogen and oxygen atoms in total. The quantitative estimate of drug-likeness (QED) is 0.222. The van der Waals surface area contributed by atoms with Gasteiger partial charge in [-0.2, -0.15) is 19.9 Å². The Kier molecular flexibility index (Phi) is 8.63. The van der Waals surface area contributed by atoms with E-state index in [0.717, 1.165) is 30.1 Å². The molecule has 0 aliphatic heterocycles. The Balaban J connectivity index is 1.33. The number of esters is 1. The van der Waals surface area contributed by atoms with Crippen LogP contribution in [0, 0.1) is 45.6 Å². The monoisotopic (exact) mass is 597 g/mol. The number of carbonyl (C=O) groups excluding carboxylic acids is 1. The molecule has 1 aliphatic rings. The van der Waals surface area contributed by atoms with Gasteiger partial charge in [-0.05, 0) is 68.9 Å². The average Bonchev–Trinajstić information content (AvgIpc) is 3.36. The van der Waals surface area contributed by atoms with E-state index in [1.165, 1.54) is 19.2 Å². The van der Waals surface area contributed by atoms with Crippen molar-refractivity contribution < 1.29 is 23.0 Å². The first-order valence-electron chi connectivity index (χ1n) is 14.0. The Morgan fingerprint density at radius 3 is 2.64 bits per heavy atom. The molecular formula is C32H29F2N7O3. The molecule has 1 aromatic carbocycles. The summed E-state index contributed by atoms with van der Waals surface area (Å²) in [5.74, 6) is -0.899. The van der Waals surface area contributed by atoms with E-state index in [2.05, 4.69) is 21.0 Å². The van der Waals surface area contributed by atoms with E-state index in [-0.39, 0.29) is 35.2 Å². The number of imidazole rings is 1. The molecule has 3 heterocycles. The number of carbonyl (C=O) groups is 1. The number of hydrogen-bond donors (Lipinski definition) is 0. The molecule has 12 heteroatoms. The summed E-state index contributed by atoms with van der Waals surface area (Å²) in [6.45, 7) is 3.76. The number of ether oxygens (including phenoxy) is 2. The second-order valence-electron chi connectivity index (χ2n) is 11.3. The Morgan fingerprint density at radius 1 is 1.14 bits per heavy atom. The summed E-state index contributed by atoms with van der Waals surface area (Å²) in [6, 6.07) is 11.5. The Hall–Kier alpha value is -5.23. The molecule has 1 aliphatic carbocycles. The molecular weight excluding hydrogens is 568 g/mol. The molecule has 5 rings (SSSR count). The number of rotatable bonds is 9. The summed E-state index contributed by atoms with van der Waals surface area (Å²) < 4.78 is 40.9. The van der Waals surface area contributed by atoms with Gasteiger partial charge in [0.2, 0.25) is 5.82 Å². The molecule has 0 saturated carbocycles. The number of halogens is 2. The number of pyridine rings is 1. The number of nitrogens with zero attached hydrogens (tertiary/aromatic N) is 7. The second-order valence-corrected chi connectivity index (χ2v) is 11.3. The third-order valence-electron chi connectivity index (χ3n) is 7.46. The number of benzene rings is 1. The maximum atomic E-state index is 14.5. The molecule has 0 radical (unpaired) electrons. The minimum absolute atomic E-state index is 0.164. The Morgan fingerprint density at radius 2 is 1.95 bits per heavy atom. The molecule has 0 bridgehead atoms. The summed E-state index contributed by atoms with van der Waals surface area (Å²) in [4.78, 5) is 29.8. The van der Waals surface area contributed by atoms with Gasteiger partial charge in [0.1, 0.15) is 23.8 Å². The largest absolute Gasteiger partial charge is 0.471 e. The number of fused-ring (bicyclic) bond motifs is 1. The minimum Gasteiger partial charge on any atom is -0.471 e. The maximum absolute atomic E-state index is 14.5. The van der Waals surface area contributed by atoms with Gasteiger partial charge in [0, 0.05) is 18.5 Å². The third-order valence-corrected chi connectivity index (χ3v) is 7.46. The van der Waals surface area contributed by atoms with Crippen molar-refractivity contribution in [2.24, 2.45) is 11.3 Å². The number of aromatic nitrogens is 5. The number of methoxy groups -OCH3 is 1. The predicted molar refractivity (Wildman–Crippen MR) is 155 cm³/mol. The van der Waals surface area contributed by atoms with Crippen molar-refractivity contribution in [3.05, 3.63) is 82.7 Å². The molecule has 1 atom stereocenters. The molecule has 0 saturated heterocycles. The van der Waals surface area contributed by atoms with Crippen LogP contribution in [0.4, 0.5) is 8.78 Å². The highest BCUT2D eigenvalue weighted by Crippen LogP contribution is 2.33. The summed E-state index contributed by atoms with van der Waals surface area (Å²) in [5, 5.41) is 18.6. The zero-order valence-corrected chi connectivity index (χ0v) is 24.5. The van der Waals surface area contributed by atoms with Crippen molar-refractivity contribution in [1.82, 2.24) is 24.5 Å². The molecule has 0 fully saturated rings. The number of hydrogen-bond acceptors (Lipinski definition) is 9. The van der Waals surface area contributed by atoms with Crippen LogP contribution >= 0.6 is 0 Å². The Labute approximate surface area is 252 Å². The fourth-order valence-electron chi connectivity index (χ4n) is 5.04. The van der Waals surface area contributed by atoms with Crippen molar-refractivity contribution in [2.75, 3.05) is 7.11 Å². The van der Waals surface area contributed by atoms with Crippen LogP contribution in [0.5, 0.6) is 5.88 Å². The molecule has 0 spiro atoms. The summed E-state index contributed by atoms with van der Waals surface area (Å²) in [5.41, 5.74) is 1.81. The van der Waals surface area contributed by atoms with Gasteiger partial charge < -0.3 is 14.0 Å². The highest BCUT2D eigenvalue weighted by Gasteiger charge is 2.26. The lowest BCUT2D eigenvalue weighted by atomic mass is 9.86. The third kappa shape index (κ3) is 6.55. The van der Waals surface area contributed by atoms with E-state index in [1.807, 2.05) is 30.6 Å². The van der Waals surface area contributed by atoms with Gasteiger partial charge in [-0.1, -0.05) is 12.1 Å². The molecule has 1 unspecified atom stereocenters. The Bertz CT molecular complexity index is 1850. The van der Waals surface area contributed by atoms with Gasteiger partial charge in [-0.25, -0.2) is 24.1 Å². The van der Waals surface area contributed by atoms with Gasteiger partial charge >= 0.3 is 5.97 Å². The number of allylic oxidation sites excluding steroid dienone is 2. The van der Waals surface area contributed by atoms with Crippen molar-refractivity contribution >= 4 is 22.7 Å². The molecule has 0 amide bonds. The van der Waals surface area contributed by atoms with Crippen LogP contribution < -0.4 is 4.74 Å². The summed E-state index contributed by atoms with van der Waals surface area (Å²) in [6.07, 6.45) is 5.78. The van der Waals surface area contributed by atoms with Gasteiger partial charge in [-0.3, -0.25) is 0 Å². The van der Waals surface area contributed by atoms with E-state index in [0.29, 0.717) is 42.8 Å². The fourth-order valence-corrected chi connectivity index (χ4v) is 5.04. The highest BCUT2D eigenvalue weighted by molar-refractivity contribution is 5.89. The zero-order valence-electron chi connectivity index (χ0n) is 24.5. The van der Waals surface area contributed by atoms with Crippen LogP contribution in [-0.2, 0) is 24.3 Å². The van der Waals surface area contributed by atoms with Crippen LogP contribution in [0.25, 0.3) is 16.7 Å². The van der Waals surface area contributed by atoms with Crippen molar-refractivity contribution in [3.8, 4) is 18.0 Å². The van der Waals surface area contributed by atoms with Crippen molar-refractivity contribution in [2.45, 2.75) is 52.7 Å². The van der Waals surface area contributed by atoms with Gasteiger partial charge in [0.05, 0.1) is 36.4 Å². The topological polar surface area (TPSA) is 140 Å². The normalized spacial score (nSPS) is 14.9. The van der Waals surface area contributed by atoms with Crippen LogP contribution in [0.2, 0.25) is 0 Å². The van der Waals surface area contributed by atoms with Crippen LogP contribution in [-0.4, -0.2) is 37.6 Å². The molecule has 44 heavy (non-hydrogen) atoms. The van der Waals surface area contributed by atoms with E-state index in [9.17, 15) is 18.8 Å². The van der Waals surface area contributed by atoms with Gasteiger partial charge in [0.15, 0.2) is 17.2 Å². The SMILES string of the molecule is COC(=O)c1ccc2nc(CC3CC=C(c4ncc(F)c(OCc5ccc(C#N)cc5F)n4)CC3)n(CC(C)(C)C#N)c2n1. The van der Waals surface area contributed by atoms with E-state index in [1.54, 1.807) is 12.1 Å². The minimum atomic E-state index is -0.764. The van der Waals surface area contributed by atoms with Gasteiger partial charge in [-0.15, -0.1) is 0 Å². The van der Waals surface area contributed by atoms with E-state index >= 15 is 0 Å². The van der Waals surface area contributed by atoms with Crippen molar-refractivity contribution in [3.63, 3.8) is 0 Å². The number of nitriles is 2. The smallest absolute Gasteiger partial charge is 0.356 e. The predicted octanol–water partition coefficient (Wildman–Crippen LogP) is 5.71. The lowest BCUT2D eigenvalue weighted by Crippen LogP contribution is -2.21. The molecule has 0 N–H and O–H groups in total. The summed E-state index contributed by atoms with van der Waals surface area (Å²) >= 11 is 0. The molecule has 3 aromatic heterocycles. The lowest BCUT2D eigenvalue weighted by Gasteiger charge is -2.23. The second kappa shape index (κ2) is 12.6.